The Balaban J connectivity index is 1.95. The van der Waals surface area contributed by atoms with Crippen LogP contribution in [-0.4, -0.2) is 24.8 Å². The van der Waals surface area contributed by atoms with Gasteiger partial charge in [-0.2, -0.15) is 13.9 Å². The SMILES string of the molecule is CC(=NNC(=O)CNc1ccccc1)c1ccccc1OC(F)F. The monoisotopic (exact) mass is 333 g/mol. The van der Waals surface area contributed by atoms with Crippen molar-refractivity contribution in [3.63, 3.8) is 0 Å². The molecule has 0 unspecified atom stereocenters. The second-order valence-corrected chi connectivity index (χ2v) is 4.83. The number of para-hydroxylation sites is 2. The maximum Gasteiger partial charge on any atom is 0.387 e. The number of nitrogens with one attached hydrogen (secondary N) is 2. The van der Waals surface area contributed by atoms with E-state index in [2.05, 4.69) is 20.6 Å². The summed E-state index contributed by atoms with van der Waals surface area (Å²) in [6, 6.07) is 15.5. The van der Waals surface area contributed by atoms with Gasteiger partial charge >= 0.3 is 6.61 Å². The number of benzene rings is 2. The number of ether oxygens (including phenoxy) is 1. The van der Waals surface area contributed by atoms with E-state index < -0.39 is 6.61 Å². The van der Waals surface area contributed by atoms with Gasteiger partial charge in [0.05, 0.1) is 12.3 Å². The minimum atomic E-state index is -2.93. The maximum absolute atomic E-state index is 12.4. The van der Waals surface area contributed by atoms with Crippen LogP contribution in [0.3, 0.4) is 0 Å². The molecule has 0 heterocycles. The standard InChI is InChI=1S/C17H17F2N3O2/c1-12(14-9-5-6-10-15(14)24-17(18)19)21-22-16(23)11-20-13-7-3-2-4-8-13/h2-10,17,20H,11H2,1H3,(H,22,23). The highest BCUT2D eigenvalue weighted by molar-refractivity contribution is 6.01. The Morgan fingerprint density at radius 3 is 2.50 bits per heavy atom. The molecule has 0 fully saturated rings. The van der Waals surface area contributed by atoms with Crippen LogP contribution in [0.15, 0.2) is 59.7 Å². The molecule has 0 aliphatic carbocycles. The zero-order chi connectivity index (χ0) is 17.4. The lowest BCUT2D eigenvalue weighted by molar-refractivity contribution is -0.119. The number of hydrogen-bond donors (Lipinski definition) is 2. The lowest BCUT2D eigenvalue weighted by atomic mass is 10.1. The zero-order valence-corrected chi connectivity index (χ0v) is 13.0. The molecule has 0 radical (unpaired) electrons. The van der Waals surface area contributed by atoms with Crippen molar-refractivity contribution in [1.29, 1.82) is 0 Å². The van der Waals surface area contributed by atoms with Gasteiger partial charge in [-0.1, -0.05) is 30.3 Å². The third-order valence-corrected chi connectivity index (χ3v) is 3.07. The Bertz CT molecular complexity index is 706. The molecule has 0 spiro atoms. The third-order valence-electron chi connectivity index (χ3n) is 3.07. The molecule has 2 rings (SSSR count). The number of hydrazone groups is 1. The molecule has 24 heavy (non-hydrogen) atoms. The van der Waals surface area contributed by atoms with Crippen LogP contribution in [-0.2, 0) is 4.79 Å². The van der Waals surface area contributed by atoms with E-state index in [1.165, 1.54) is 6.07 Å². The molecule has 0 aliphatic heterocycles. The Morgan fingerprint density at radius 1 is 1.12 bits per heavy atom. The van der Waals surface area contributed by atoms with Gasteiger partial charge in [-0.15, -0.1) is 0 Å². The summed E-state index contributed by atoms with van der Waals surface area (Å²) in [4.78, 5) is 11.8. The Kier molecular flexibility index (Phi) is 6.24. The van der Waals surface area contributed by atoms with Crippen LogP contribution >= 0.6 is 0 Å². The minimum Gasteiger partial charge on any atom is -0.434 e. The lowest BCUT2D eigenvalue weighted by Crippen LogP contribution is -2.26. The summed E-state index contributed by atoms with van der Waals surface area (Å²) >= 11 is 0. The van der Waals surface area contributed by atoms with E-state index >= 15 is 0 Å². The number of alkyl halides is 2. The molecule has 2 aromatic carbocycles. The van der Waals surface area contributed by atoms with E-state index in [0.717, 1.165) is 5.69 Å². The predicted octanol–water partition coefficient (Wildman–Crippen LogP) is 3.24. The Morgan fingerprint density at radius 2 is 1.79 bits per heavy atom. The molecule has 0 saturated heterocycles. The largest absolute Gasteiger partial charge is 0.434 e. The number of carbonyl (C=O) groups excluding carboxylic acids is 1. The van der Waals surface area contributed by atoms with E-state index in [1.807, 2.05) is 30.3 Å². The zero-order valence-electron chi connectivity index (χ0n) is 13.0. The lowest BCUT2D eigenvalue weighted by Gasteiger charge is -2.10. The molecule has 2 aromatic rings. The quantitative estimate of drug-likeness (QED) is 0.604. The molecule has 126 valence electrons. The van der Waals surface area contributed by atoms with Crippen LogP contribution in [0, 0.1) is 0 Å². The summed E-state index contributed by atoms with van der Waals surface area (Å²) in [5.74, 6) is -0.351. The average Bonchev–Trinajstić information content (AvgIpc) is 2.58. The summed E-state index contributed by atoms with van der Waals surface area (Å²) < 4.78 is 29.2. The van der Waals surface area contributed by atoms with Crippen LogP contribution < -0.4 is 15.5 Å². The molecule has 1 amide bonds. The van der Waals surface area contributed by atoms with Crippen molar-refractivity contribution in [3.05, 3.63) is 60.2 Å². The fourth-order valence-corrected chi connectivity index (χ4v) is 1.95. The Hall–Kier alpha value is -2.96. The van der Waals surface area contributed by atoms with Crippen molar-refractivity contribution in [1.82, 2.24) is 5.43 Å². The number of carbonyl (C=O) groups is 1. The van der Waals surface area contributed by atoms with E-state index in [9.17, 15) is 13.6 Å². The highest BCUT2D eigenvalue weighted by Crippen LogP contribution is 2.20. The summed E-state index contributed by atoms with van der Waals surface area (Å²) in [6.07, 6.45) is 0. The first-order valence-electron chi connectivity index (χ1n) is 7.22. The molecule has 2 N–H and O–H groups in total. The van der Waals surface area contributed by atoms with Crippen molar-refractivity contribution in [2.45, 2.75) is 13.5 Å². The first-order valence-corrected chi connectivity index (χ1v) is 7.22. The number of halogens is 2. The van der Waals surface area contributed by atoms with Crippen molar-refractivity contribution in [2.75, 3.05) is 11.9 Å². The van der Waals surface area contributed by atoms with Crippen LogP contribution in [0.4, 0.5) is 14.5 Å². The van der Waals surface area contributed by atoms with E-state index in [-0.39, 0.29) is 18.2 Å². The van der Waals surface area contributed by atoms with Gasteiger partial charge in [-0.05, 0) is 31.2 Å². The summed E-state index contributed by atoms with van der Waals surface area (Å²) in [6.45, 7) is -1.29. The second kappa shape index (κ2) is 8.61. The number of amides is 1. The molecule has 0 bridgehead atoms. The van der Waals surface area contributed by atoms with Gasteiger partial charge in [-0.25, -0.2) is 5.43 Å². The minimum absolute atomic E-state index is 0.00501. The van der Waals surface area contributed by atoms with Crippen molar-refractivity contribution in [3.8, 4) is 5.75 Å². The number of nitrogens with zero attached hydrogens (tertiary/aromatic N) is 1. The van der Waals surface area contributed by atoms with Gasteiger partial charge in [0.1, 0.15) is 5.75 Å². The van der Waals surface area contributed by atoms with Crippen LogP contribution in [0.2, 0.25) is 0 Å². The normalized spacial score (nSPS) is 11.2. The molecule has 5 nitrogen and oxygen atoms in total. The van der Waals surface area contributed by atoms with Crippen LogP contribution in [0.25, 0.3) is 0 Å². The molecule has 7 heteroatoms. The topological polar surface area (TPSA) is 62.7 Å². The van der Waals surface area contributed by atoms with Gasteiger partial charge in [0.15, 0.2) is 0 Å². The maximum atomic E-state index is 12.4. The van der Waals surface area contributed by atoms with E-state index in [0.29, 0.717) is 11.3 Å². The molecule has 0 atom stereocenters. The van der Waals surface area contributed by atoms with Gasteiger partial charge in [0, 0.05) is 11.3 Å². The molecule has 0 aromatic heterocycles. The van der Waals surface area contributed by atoms with E-state index in [1.54, 1.807) is 25.1 Å². The summed E-state index contributed by atoms with van der Waals surface area (Å²) in [5, 5.41) is 6.87. The first kappa shape index (κ1) is 17.4. The van der Waals surface area contributed by atoms with Crippen molar-refractivity contribution in [2.24, 2.45) is 5.10 Å². The van der Waals surface area contributed by atoms with Gasteiger partial charge in [-0.3, -0.25) is 4.79 Å². The fraction of sp³-hybridized carbons (Fsp3) is 0.176. The van der Waals surface area contributed by atoms with Gasteiger partial charge in [0.25, 0.3) is 5.91 Å². The summed E-state index contributed by atoms with van der Waals surface area (Å²) in [7, 11) is 0. The van der Waals surface area contributed by atoms with Crippen LogP contribution in [0.5, 0.6) is 5.75 Å². The highest BCUT2D eigenvalue weighted by Gasteiger charge is 2.11. The third kappa shape index (κ3) is 5.35. The Labute approximate surface area is 138 Å². The average molecular weight is 333 g/mol. The number of hydrogen-bond acceptors (Lipinski definition) is 4. The molecule has 0 saturated carbocycles. The summed E-state index contributed by atoms with van der Waals surface area (Å²) in [5.41, 5.74) is 3.93. The molecular weight excluding hydrogens is 316 g/mol. The number of anilines is 1. The van der Waals surface area contributed by atoms with E-state index in [4.69, 9.17) is 0 Å². The predicted molar refractivity (Wildman–Crippen MR) is 88.4 cm³/mol. The van der Waals surface area contributed by atoms with Crippen molar-refractivity contribution >= 4 is 17.3 Å². The smallest absolute Gasteiger partial charge is 0.387 e. The first-order chi connectivity index (χ1) is 11.6. The van der Waals surface area contributed by atoms with Gasteiger partial charge < -0.3 is 10.1 Å². The fourth-order valence-electron chi connectivity index (χ4n) is 1.95. The van der Waals surface area contributed by atoms with Crippen molar-refractivity contribution < 1.29 is 18.3 Å². The van der Waals surface area contributed by atoms with Gasteiger partial charge in [0.2, 0.25) is 0 Å². The second-order valence-electron chi connectivity index (χ2n) is 4.83. The highest BCUT2D eigenvalue weighted by atomic mass is 19.3. The number of rotatable bonds is 7. The molecule has 0 aliphatic rings. The van der Waals surface area contributed by atoms with Crippen LogP contribution in [0.1, 0.15) is 12.5 Å². The molecular formula is C17H17F2N3O2.